The van der Waals surface area contributed by atoms with E-state index in [9.17, 15) is 0 Å². The summed E-state index contributed by atoms with van der Waals surface area (Å²) in [5, 5.41) is 8.06. The third-order valence-corrected chi connectivity index (χ3v) is 2.37. The summed E-state index contributed by atoms with van der Waals surface area (Å²) < 4.78 is 6.81. The number of hydrogen-bond acceptors (Lipinski definition) is 5. The van der Waals surface area contributed by atoms with Gasteiger partial charge in [-0.3, -0.25) is 4.68 Å². The molecule has 0 aliphatic carbocycles. The van der Waals surface area contributed by atoms with Crippen LogP contribution in [0.15, 0.2) is 16.8 Å². The molecule has 0 bridgehead atoms. The smallest absolute Gasteiger partial charge is 0.228 e. The van der Waals surface area contributed by atoms with Crippen LogP contribution in [0.5, 0.6) is 0 Å². The van der Waals surface area contributed by atoms with Gasteiger partial charge in [0.25, 0.3) is 0 Å². The second-order valence-corrected chi connectivity index (χ2v) is 3.76. The summed E-state index contributed by atoms with van der Waals surface area (Å²) in [5.41, 5.74) is 6.52. The molecule has 0 aromatic carbocycles. The average molecular weight is 221 g/mol. The van der Waals surface area contributed by atoms with Crippen molar-refractivity contribution in [1.29, 1.82) is 0 Å². The van der Waals surface area contributed by atoms with Gasteiger partial charge in [0.1, 0.15) is 5.69 Å². The summed E-state index contributed by atoms with van der Waals surface area (Å²) in [5.74, 6) is 1.08. The topological polar surface area (TPSA) is 82.8 Å². The van der Waals surface area contributed by atoms with Gasteiger partial charge >= 0.3 is 0 Å². The van der Waals surface area contributed by atoms with Gasteiger partial charge in [-0.1, -0.05) is 12.1 Å². The zero-order valence-electron chi connectivity index (χ0n) is 9.42. The molecule has 16 heavy (non-hydrogen) atoms. The second-order valence-electron chi connectivity index (χ2n) is 3.76. The second kappa shape index (κ2) is 4.44. The predicted octanol–water partition coefficient (Wildman–Crippen LogP) is 0.750. The van der Waals surface area contributed by atoms with Gasteiger partial charge in [-0.2, -0.15) is 10.1 Å². The molecule has 2 N–H and O–H groups in total. The third kappa shape index (κ3) is 2.27. The van der Waals surface area contributed by atoms with Crippen molar-refractivity contribution in [2.45, 2.75) is 25.8 Å². The molecular formula is C10H15N5O. The molecule has 86 valence electrons. The largest absolute Gasteiger partial charge is 0.339 e. The summed E-state index contributed by atoms with van der Waals surface area (Å²) in [4.78, 5) is 4.25. The van der Waals surface area contributed by atoms with E-state index in [1.54, 1.807) is 4.68 Å². The number of nitrogens with two attached hydrogens (primary N) is 1. The van der Waals surface area contributed by atoms with E-state index in [1.165, 1.54) is 0 Å². The van der Waals surface area contributed by atoms with Crippen LogP contribution in [0.1, 0.15) is 19.2 Å². The van der Waals surface area contributed by atoms with Crippen molar-refractivity contribution in [2.24, 2.45) is 12.8 Å². The van der Waals surface area contributed by atoms with E-state index in [2.05, 4.69) is 15.2 Å². The molecule has 0 radical (unpaired) electrons. The van der Waals surface area contributed by atoms with Gasteiger partial charge in [-0.15, -0.1) is 0 Å². The van der Waals surface area contributed by atoms with Gasteiger partial charge < -0.3 is 10.3 Å². The first kappa shape index (κ1) is 10.8. The first-order valence-corrected chi connectivity index (χ1v) is 5.27. The van der Waals surface area contributed by atoms with Crippen LogP contribution in [0.3, 0.4) is 0 Å². The van der Waals surface area contributed by atoms with Crippen LogP contribution < -0.4 is 5.73 Å². The van der Waals surface area contributed by atoms with Crippen LogP contribution in [0, 0.1) is 0 Å². The normalized spacial score (nSPS) is 12.9. The summed E-state index contributed by atoms with van der Waals surface area (Å²) in [6.45, 7) is 2.03. The van der Waals surface area contributed by atoms with Crippen LogP contribution in [-0.2, 0) is 13.5 Å². The first-order valence-electron chi connectivity index (χ1n) is 5.27. The predicted molar refractivity (Wildman–Crippen MR) is 58.5 cm³/mol. The summed E-state index contributed by atoms with van der Waals surface area (Å²) in [7, 11) is 1.84. The minimum absolute atomic E-state index is 0.0667. The number of aryl methyl sites for hydroxylation is 1. The highest BCUT2D eigenvalue weighted by molar-refractivity contribution is 5.46. The van der Waals surface area contributed by atoms with Gasteiger partial charge in [0, 0.05) is 25.7 Å². The molecule has 0 spiro atoms. The quantitative estimate of drug-likeness (QED) is 0.823. The fourth-order valence-corrected chi connectivity index (χ4v) is 1.34. The lowest BCUT2D eigenvalue weighted by Crippen LogP contribution is -2.21. The molecule has 0 saturated heterocycles. The molecule has 0 fully saturated rings. The van der Waals surface area contributed by atoms with Crippen LogP contribution in [-0.4, -0.2) is 26.0 Å². The van der Waals surface area contributed by atoms with E-state index in [4.69, 9.17) is 10.3 Å². The standard InChI is InChI=1S/C10H15N5O/c1-3-7(11)6-9-12-10(14-16-9)8-4-5-15(2)13-8/h4-5,7H,3,6,11H2,1-2H3. The summed E-state index contributed by atoms with van der Waals surface area (Å²) in [6, 6.07) is 1.91. The summed E-state index contributed by atoms with van der Waals surface area (Å²) >= 11 is 0. The van der Waals surface area contributed by atoms with E-state index < -0.39 is 0 Å². The molecule has 0 aliphatic rings. The monoisotopic (exact) mass is 221 g/mol. The number of hydrogen-bond donors (Lipinski definition) is 1. The Morgan fingerprint density at radius 1 is 1.56 bits per heavy atom. The third-order valence-electron chi connectivity index (χ3n) is 2.37. The Labute approximate surface area is 93.4 Å². The van der Waals surface area contributed by atoms with Crippen molar-refractivity contribution in [3.05, 3.63) is 18.2 Å². The molecule has 1 atom stereocenters. The van der Waals surface area contributed by atoms with Gasteiger partial charge in [0.2, 0.25) is 11.7 Å². The number of rotatable bonds is 4. The molecule has 2 rings (SSSR count). The zero-order chi connectivity index (χ0) is 11.5. The lowest BCUT2D eigenvalue weighted by molar-refractivity contribution is 0.367. The summed E-state index contributed by atoms with van der Waals surface area (Å²) in [6.07, 6.45) is 3.33. The Morgan fingerprint density at radius 3 is 3.00 bits per heavy atom. The van der Waals surface area contributed by atoms with Crippen LogP contribution in [0.4, 0.5) is 0 Å². The number of nitrogens with zero attached hydrogens (tertiary/aromatic N) is 4. The Morgan fingerprint density at radius 2 is 2.38 bits per heavy atom. The lowest BCUT2D eigenvalue weighted by atomic mass is 10.2. The maximum atomic E-state index is 5.81. The number of aromatic nitrogens is 4. The van der Waals surface area contributed by atoms with Crippen molar-refractivity contribution in [3.8, 4) is 11.5 Å². The van der Waals surface area contributed by atoms with Crippen molar-refractivity contribution in [1.82, 2.24) is 19.9 Å². The molecule has 0 saturated carbocycles. The lowest BCUT2D eigenvalue weighted by Gasteiger charge is -2.02. The fraction of sp³-hybridized carbons (Fsp3) is 0.500. The molecule has 2 aromatic rings. The van der Waals surface area contributed by atoms with Crippen LogP contribution >= 0.6 is 0 Å². The maximum Gasteiger partial charge on any atom is 0.228 e. The minimum atomic E-state index is 0.0667. The molecule has 2 heterocycles. The maximum absolute atomic E-state index is 5.81. The molecule has 0 amide bonds. The van der Waals surface area contributed by atoms with Gasteiger partial charge in [-0.25, -0.2) is 0 Å². The van der Waals surface area contributed by atoms with Gasteiger partial charge in [-0.05, 0) is 12.5 Å². The average Bonchev–Trinajstić information content (AvgIpc) is 2.87. The Hall–Kier alpha value is -1.69. The van der Waals surface area contributed by atoms with Crippen molar-refractivity contribution >= 4 is 0 Å². The highest BCUT2D eigenvalue weighted by atomic mass is 16.5. The molecule has 0 aliphatic heterocycles. The Kier molecular flexibility index (Phi) is 3.00. The molecule has 6 heteroatoms. The molecule has 1 unspecified atom stereocenters. The van der Waals surface area contributed by atoms with Crippen LogP contribution in [0.2, 0.25) is 0 Å². The Bertz CT molecular complexity index is 461. The van der Waals surface area contributed by atoms with E-state index in [0.717, 1.165) is 6.42 Å². The van der Waals surface area contributed by atoms with Gasteiger partial charge in [0.15, 0.2) is 0 Å². The molecule has 6 nitrogen and oxygen atoms in total. The highest BCUT2D eigenvalue weighted by Crippen LogP contribution is 2.13. The van der Waals surface area contributed by atoms with E-state index in [0.29, 0.717) is 23.8 Å². The molecular weight excluding hydrogens is 206 g/mol. The SMILES string of the molecule is CCC(N)Cc1nc(-c2ccn(C)n2)no1. The highest BCUT2D eigenvalue weighted by Gasteiger charge is 2.12. The van der Waals surface area contributed by atoms with Crippen molar-refractivity contribution < 1.29 is 4.52 Å². The van der Waals surface area contributed by atoms with Crippen molar-refractivity contribution in [2.75, 3.05) is 0 Å². The van der Waals surface area contributed by atoms with Crippen molar-refractivity contribution in [3.63, 3.8) is 0 Å². The van der Waals surface area contributed by atoms with E-state index in [-0.39, 0.29) is 6.04 Å². The molecule has 2 aromatic heterocycles. The zero-order valence-corrected chi connectivity index (χ0v) is 9.42. The van der Waals surface area contributed by atoms with E-state index in [1.807, 2.05) is 26.2 Å². The van der Waals surface area contributed by atoms with Crippen LogP contribution in [0.25, 0.3) is 11.5 Å². The van der Waals surface area contributed by atoms with Gasteiger partial charge in [0.05, 0.1) is 0 Å². The Balaban J connectivity index is 2.13. The first-order chi connectivity index (χ1) is 7.69. The minimum Gasteiger partial charge on any atom is -0.339 e. The van der Waals surface area contributed by atoms with E-state index >= 15 is 0 Å². The fourth-order valence-electron chi connectivity index (χ4n) is 1.34.